The number of aromatic nitrogens is 2. The van der Waals surface area contributed by atoms with Crippen LogP contribution in [0.1, 0.15) is 5.69 Å². The summed E-state index contributed by atoms with van der Waals surface area (Å²) in [5, 5.41) is 8.80. The molecule has 0 radical (unpaired) electrons. The Bertz CT molecular complexity index is 436. The van der Waals surface area contributed by atoms with Crippen molar-refractivity contribution in [3.63, 3.8) is 0 Å². The highest BCUT2D eigenvalue weighted by Crippen LogP contribution is 2.28. The third-order valence-electron chi connectivity index (χ3n) is 1.75. The molecule has 0 unspecified atom stereocenters. The van der Waals surface area contributed by atoms with Gasteiger partial charge in [-0.05, 0) is 35.0 Å². The van der Waals surface area contributed by atoms with E-state index in [-0.39, 0.29) is 0 Å². The van der Waals surface area contributed by atoms with Gasteiger partial charge in [-0.3, -0.25) is 5.10 Å². The summed E-state index contributed by atoms with van der Waals surface area (Å²) in [6, 6.07) is 3.71. The van der Waals surface area contributed by atoms with Crippen LogP contribution in [0.5, 0.6) is 0 Å². The molecule has 0 atom stereocenters. The minimum absolute atomic E-state index is 0.695. The van der Waals surface area contributed by atoms with Crippen LogP contribution in [0.4, 0.5) is 0 Å². The van der Waals surface area contributed by atoms with Crippen LogP contribution in [0.3, 0.4) is 0 Å². The molecule has 12 heavy (non-hydrogen) atoms. The van der Waals surface area contributed by atoms with Crippen LogP contribution in [-0.2, 0) is 0 Å². The Labute approximate surface area is 83.0 Å². The van der Waals surface area contributed by atoms with Gasteiger partial charge < -0.3 is 0 Å². The van der Waals surface area contributed by atoms with Gasteiger partial charge in [-0.1, -0.05) is 11.6 Å². The predicted octanol–water partition coefficient (Wildman–Crippen LogP) is 3.29. The molecule has 0 aliphatic rings. The monoisotopic (exact) mass is 244 g/mol. The standard InChI is InChI=1S/C8H6BrClN2/c1-4-8-6(9)2-5(10)3-7(8)12-11-4/h2-3H,1H3,(H,11,12). The molecule has 0 fully saturated rings. The number of aryl methyl sites for hydroxylation is 1. The van der Waals surface area contributed by atoms with Crippen LogP contribution < -0.4 is 0 Å². The van der Waals surface area contributed by atoms with E-state index < -0.39 is 0 Å². The summed E-state index contributed by atoms with van der Waals surface area (Å²) < 4.78 is 0.983. The second-order valence-corrected chi connectivity index (χ2v) is 3.92. The van der Waals surface area contributed by atoms with E-state index in [4.69, 9.17) is 11.6 Å². The van der Waals surface area contributed by atoms with E-state index in [9.17, 15) is 0 Å². The normalized spacial score (nSPS) is 10.9. The van der Waals surface area contributed by atoms with Crippen molar-refractivity contribution < 1.29 is 0 Å². The van der Waals surface area contributed by atoms with Crippen LogP contribution in [0.15, 0.2) is 16.6 Å². The Kier molecular flexibility index (Phi) is 1.85. The summed E-state index contributed by atoms with van der Waals surface area (Å²) in [6.45, 7) is 1.98. The molecule has 1 aromatic heterocycles. The minimum atomic E-state index is 0.695. The van der Waals surface area contributed by atoms with Crippen LogP contribution in [0, 0.1) is 6.92 Å². The molecule has 0 aliphatic heterocycles. The molecule has 2 aromatic rings. The lowest BCUT2D eigenvalue weighted by molar-refractivity contribution is 1.07. The summed E-state index contributed by atoms with van der Waals surface area (Å²) in [5.41, 5.74) is 1.94. The third-order valence-corrected chi connectivity index (χ3v) is 2.60. The molecule has 0 spiro atoms. The van der Waals surface area contributed by atoms with Gasteiger partial charge >= 0.3 is 0 Å². The van der Waals surface area contributed by atoms with Crippen molar-refractivity contribution >= 4 is 38.4 Å². The Hall–Kier alpha value is -0.540. The number of aromatic amines is 1. The molecule has 1 N–H and O–H groups in total. The maximum atomic E-state index is 5.85. The van der Waals surface area contributed by atoms with Gasteiger partial charge in [0.05, 0.1) is 5.52 Å². The highest BCUT2D eigenvalue weighted by molar-refractivity contribution is 9.10. The zero-order valence-electron chi connectivity index (χ0n) is 6.36. The summed E-state index contributed by atoms with van der Waals surface area (Å²) in [7, 11) is 0. The second-order valence-electron chi connectivity index (χ2n) is 2.63. The van der Waals surface area contributed by atoms with E-state index in [1.165, 1.54) is 0 Å². The Morgan fingerprint density at radius 2 is 2.25 bits per heavy atom. The van der Waals surface area contributed by atoms with Crippen molar-refractivity contribution in [2.75, 3.05) is 0 Å². The van der Waals surface area contributed by atoms with Crippen molar-refractivity contribution in [2.24, 2.45) is 0 Å². The first-order valence-electron chi connectivity index (χ1n) is 3.48. The fourth-order valence-corrected chi connectivity index (χ4v) is 2.31. The first-order chi connectivity index (χ1) is 5.68. The Balaban J connectivity index is 2.93. The van der Waals surface area contributed by atoms with Crippen LogP contribution in [-0.4, -0.2) is 10.2 Å². The fraction of sp³-hybridized carbons (Fsp3) is 0.125. The lowest BCUT2D eigenvalue weighted by Crippen LogP contribution is -1.73. The lowest BCUT2D eigenvalue weighted by Gasteiger charge is -1.95. The van der Waals surface area contributed by atoms with E-state index in [1.807, 2.05) is 19.1 Å². The number of H-pyrrole nitrogens is 1. The van der Waals surface area contributed by atoms with Crippen LogP contribution in [0.2, 0.25) is 5.02 Å². The number of hydrogen-bond donors (Lipinski definition) is 1. The summed E-state index contributed by atoms with van der Waals surface area (Å²) in [5.74, 6) is 0. The fourth-order valence-electron chi connectivity index (χ4n) is 1.22. The molecule has 0 amide bonds. The van der Waals surface area contributed by atoms with E-state index >= 15 is 0 Å². The van der Waals surface area contributed by atoms with Crippen molar-refractivity contribution in [1.29, 1.82) is 0 Å². The van der Waals surface area contributed by atoms with Gasteiger partial charge in [-0.25, -0.2) is 0 Å². The van der Waals surface area contributed by atoms with Crippen molar-refractivity contribution in [3.05, 3.63) is 27.3 Å². The number of hydrogen-bond acceptors (Lipinski definition) is 1. The van der Waals surface area contributed by atoms with Gasteiger partial charge in [0.15, 0.2) is 0 Å². The Morgan fingerprint density at radius 3 is 3.00 bits per heavy atom. The highest BCUT2D eigenvalue weighted by Gasteiger charge is 2.05. The first kappa shape index (κ1) is 8.08. The molecule has 0 saturated heterocycles. The van der Waals surface area contributed by atoms with Gasteiger partial charge in [0.2, 0.25) is 0 Å². The number of nitrogens with one attached hydrogen (secondary N) is 1. The zero-order chi connectivity index (χ0) is 8.72. The van der Waals surface area contributed by atoms with Crippen molar-refractivity contribution in [1.82, 2.24) is 10.2 Å². The van der Waals surface area contributed by atoms with Crippen LogP contribution >= 0.6 is 27.5 Å². The van der Waals surface area contributed by atoms with Gasteiger partial charge in [0.25, 0.3) is 0 Å². The number of nitrogens with zero attached hydrogens (tertiary/aromatic N) is 1. The number of rotatable bonds is 0. The average Bonchev–Trinajstić information content (AvgIpc) is 2.31. The average molecular weight is 246 g/mol. The molecule has 1 aromatic carbocycles. The molecule has 4 heteroatoms. The largest absolute Gasteiger partial charge is 0.282 e. The van der Waals surface area contributed by atoms with Crippen LogP contribution in [0.25, 0.3) is 10.9 Å². The van der Waals surface area contributed by atoms with Gasteiger partial charge in [-0.15, -0.1) is 0 Å². The smallest absolute Gasteiger partial charge is 0.0949 e. The van der Waals surface area contributed by atoms with Crippen molar-refractivity contribution in [3.8, 4) is 0 Å². The maximum Gasteiger partial charge on any atom is 0.0949 e. The van der Waals surface area contributed by atoms with E-state index in [0.717, 1.165) is 21.1 Å². The number of fused-ring (bicyclic) bond motifs is 1. The second kappa shape index (κ2) is 2.75. The van der Waals surface area contributed by atoms with Crippen molar-refractivity contribution in [2.45, 2.75) is 6.92 Å². The van der Waals surface area contributed by atoms with E-state index in [0.29, 0.717) is 5.02 Å². The molecule has 62 valence electrons. The maximum absolute atomic E-state index is 5.85. The topological polar surface area (TPSA) is 28.7 Å². The van der Waals surface area contributed by atoms with Gasteiger partial charge in [0, 0.05) is 20.6 Å². The zero-order valence-corrected chi connectivity index (χ0v) is 8.70. The number of halogens is 2. The molecule has 1 heterocycles. The molecule has 2 rings (SSSR count). The molecule has 0 saturated carbocycles. The number of benzene rings is 1. The van der Waals surface area contributed by atoms with Gasteiger partial charge in [0.1, 0.15) is 0 Å². The predicted molar refractivity (Wildman–Crippen MR) is 53.5 cm³/mol. The summed E-state index contributed by atoms with van der Waals surface area (Å²) >= 11 is 9.28. The molecule has 2 nitrogen and oxygen atoms in total. The molecular weight excluding hydrogens is 239 g/mol. The summed E-state index contributed by atoms with van der Waals surface area (Å²) in [6.07, 6.45) is 0. The van der Waals surface area contributed by atoms with E-state index in [2.05, 4.69) is 26.1 Å². The quantitative estimate of drug-likeness (QED) is 0.758. The molecule has 0 aliphatic carbocycles. The summed E-state index contributed by atoms with van der Waals surface area (Å²) in [4.78, 5) is 0. The lowest BCUT2D eigenvalue weighted by atomic mass is 10.2. The third kappa shape index (κ3) is 1.13. The molecular formula is C8H6BrClN2. The molecule has 0 bridgehead atoms. The van der Waals surface area contributed by atoms with Gasteiger partial charge in [-0.2, -0.15) is 5.10 Å². The Morgan fingerprint density at radius 1 is 1.50 bits per heavy atom. The SMILES string of the molecule is Cc1[nH]nc2cc(Cl)cc(Br)c12. The van der Waals surface area contributed by atoms with E-state index in [1.54, 1.807) is 0 Å². The minimum Gasteiger partial charge on any atom is -0.282 e. The first-order valence-corrected chi connectivity index (χ1v) is 4.65. The highest BCUT2D eigenvalue weighted by atomic mass is 79.9.